The van der Waals surface area contributed by atoms with E-state index >= 15 is 0 Å². The zero-order chi connectivity index (χ0) is 27.4. The Hall–Kier alpha value is -2.25. The van der Waals surface area contributed by atoms with Crippen LogP contribution in [0.3, 0.4) is 0 Å². The molecular formula is C28H44N2O6. The van der Waals surface area contributed by atoms with Crippen molar-refractivity contribution in [1.82, 2.24) is 4.90 Å². The van der Waals surface area contributed by atoms with Crippen LogP contribution >= 0.6 is 0 Å². The molecule has 0 spiro atoms. The van der Waals surface area contributed by atoms with Gasteiger partial charge in [-0.15, -0.1) is 0 Å². The first-order valence-corrected chi connectivity index (χ1v) is 13.2. The van der Waals surface area contributed by atoms with Gasteiger partial charge in [-0.2, -0.15) is 0 Å². The lowest BCUT2D eigenvalue weighted by molar-refractivity contribution is -0.161. The molecule has 1 aliphatic heterocycles. The maximum absolute atomic E-state index is 13.9. The van der Waals surface area contributed by atoms with Crippen LogP contribution in [-0.4, -0.2) is 52.4 Å². The lowest BCUT2D eigenvalue weighted by Crippen LogP contribution is -2.51. The van der Waals surface area contributed by atoms with E-state index in [1.165, 1.54) is 0 Å². The third-order valence-corrected chi connectivity index (χ3v) is 8.33. The molecule has 3 fully saturated rings. The Balaban J connectivity index is 1.83. The van der Waals surface area contributed by atoms with Gasteiger partial charge in [0.05, 0.1) is 18.4 Å². The van der Waals surface area contributed by atoms with E-state index in [9.17, 15) is 24.0 Å². The fourth-order valence-electron chi connectivity index (χ4n) is 6.00. The average molecular weight is 505 g/mol. The van der Waals surface area contributed by atoms with Crippen molar-refractivity contribution in [2.75, 3.05) is 6.54 Å². The SMILES string of the molecule is CC(C)(C)OC(=O)C[C@H](C(=O)N1CC2C([C@H]1C(=O)CC(CC1CC1)C(=O)C(N)=O)C2(C)C)C(C)(C)C. The third kappa shape index (κ3) is 6.17. The molecule has 2 aliphatic carbocycles. The van der Waals surface area contributed by atoms with Gasteiger partial charge >= 0.3 is 5.97 Å². The van der Waals surface area contributed by atoms with Gasteiger partial charge < -0.3 is 15.4 Å². The Labute approximate surface area is 215 Å². The van der Waals surface area contributed by atoms with Crippen molar-refractivity contribution >= 4 is 29.4 Å². The van der Waals surface area contributed by atoms with Gasteiger partial charge in [0.2, 0.25) is 11.7 Å². The molecule has 0 aromatic heterocycles. The highest BCUT2D eigenvalue weighted by molar-refractivity contribution is 6.36. The monoisotopic (exact) mass is 504 g/mol. The molecule has 3 aliphatic rings. The number of ketones is 2. The molecule has 2 amide bonds. The molecule has 0 radical (unpaired) electrons. The Morgan fingerprint density at radius 2 is 1.58 bits per heavy atom. The molecule has 36 heavy (non-hydrogen) atoms. The van der Waals surface area contributed by atoms with Crippen LogP contribution in [0.1, 0.15) is 87.5 Å². The van der Waals surface area contributed by atoms with E-state index in [0.717, 1.165) is 12.8 Å². The first-order chi connectivity index (χ1) is 16.3. The second-order valence-electron chi connectivity index (χ2n) is 13.9. The summed E-state index contributed by atoms with van der Waals surface area (Å²) in [5.41, 5.74) is 4.01. The molecule has 8 heteroatoms. The average Bonchev–Trinajstić information content (AvgIpc) is 3.55. The summed E-state index contributed by atoms with van der Waals surface area (Å²) in [7, 11) is 0. The standard InChI is InChI=1S/C28H44N2O6/c1-26(2,3)17(13-20(32)36-27(4,5)6)25(35)30-14-18-21(28(18,7)8)22(30)19(31)12-16(11-15-9-10-15)23(33)24(29)34/h15-18,21-22H,9-14H2,1-8H3,(H2,29,34)/t16?,17-,18?,21?,22-/m1/s1. The second-order valence-corrected chi connectivity index (χ2v) is 13.9. The van der Waals surface area contributed by atoms with E-state index in [2.05, 4.69) is 13.8 Å². The summed E-state index contributed by atoms with van der Waals surface area (Å²) in [6, 6.07) is -0.664. The molecule has 2 saturated carbocycles. The highest BCUT2D eigenvalue weighted by atomic mass is 16.6. The van der Waals surface area contributed by atoms with Gasteiger partial charge in [0.25, 0.3) is 5.91 Å². The van der Waals surface area contributed by atoms with Crippen molar-refractivity contribution < 1.29 is 28.7 Å². The summed E-state index contributed by atoms with van der Waals surface area (Å²) in [5, 5.41) is 0. The quantitative estimate of drug-likeness (QED) is 0.360. The molecule has 5 atom stereocenters. The fourth-order valence-corrected chi connectivity index (χ4v) is 6.00. The zero-order valence-corrected chi connectivity index (χ0v) is 23.2. The predicted molar refractivity (Wildman–Crippen MR) is 134 cm³/mol. The second kappa shape index (κ2) is 9.56. The molecule has 3 rings (SSSR count). The van der Waals surface area contributed by atoms with Crippen molar-refractivity contribution in [2.45, 2.75) is 99.1 Å². The number of carbonyl (C=O) groups is 5. The normalized spacial score (nSPS) is 26.6. The van der Waals surface area contributed by atoms with Crippen LogP contribution in [0.5, 0.6) is 0 Å². The Kier molecular flexibility index (Phi) is 7.53. The first-order valence-electron chi connectivity index (χ1n) is 13.2. The summed E-state index contributed by atoms with van der Waals surface area (Å²) in [6.07, 6.45) is 2.30. The molecule has 3 unspecified atom stereocenters. The van der Waals surface area contributed by atoms with Gasteiger partial charge in [0.15, 0.2) is 5.78 Å². The Morgan fingerprint density at radius 1 is 1.00 bits per heavy atom. The number of primary amides is 1. The Bertz CT molecular complexity index is 937. The number of nitrogens with zero attached hydrogens (tertiary/aromatic N) is 1. The number of hydrogen-bond acceptors (Lipinski definition) is 6. The predicted octanol–water partition coefficient (Wildman–Crippen LogP) is 3.29. The van der Waals surface area contributed by atoms with Crippen molar-refractivity contribution in [3.05, 3.63) is 0 Å². The fraction of sp³-hybridized carbons (Fsp3) is 0.821. The van der Waals surface area contributed by atoms with Crippen molar-refractivity contribution in [2.24, 2.45) is 46.2 Å². The number of amides is 2. The highest BCUT2D eigenvalue weighted by Gasteiger charge is 2.69. The maximum atomic E-state index is 13.9. The number of fused-ring (bicyclic) bond motifs is 1. The lowest BCUT2D eigenvalue weighted by atomic mass is 9.77. The number of likely N-dealkylation sites (tertiary alicyclic amines) is 1. The minimum atomic E-state index is -1.01. The molecule has 202 valence electrons. The van der Waals surface area contributed by atoms with Gasteiger partial charge in [-0.25, -0.2) is 0 Å². The number of piperidine rings is 1. The Morgan fingerprint density at radius 3 is 2.06 bits per heavy atom. The smallest absolute Gasteiger partial charge is 0.307 e. The van der Waals surface area contributed by atoms with Gasteiger partial charge in [0, 0.05) is 18.9 Å². The topological polar surface area (TPSA) is 124 Å². The van der Waals surface area contributed by atoms with E-state index in [1.807, 2.05) is 20.8 Å². The lowest BCUT2D eigenvalue weighted by Gasteiger charge is -2.37. The van der Waals surface area contributed by atoms with E-state index in [4.69, 9.17) is 10.5 Å². The van der Waals surface area contributed by atoms with Crippen LogP contribution in [-0.2, 0) is 28.7 Å². The van der Waals surface area contributed by atoms with Gasteiger partial charge in [0.1, 0.15) is 5.60 Å². The minimum Gasteiger partial charge on any atom is -0.460 e. The van der Waals surface area contributed by atoms with Crippen molar-refractivity contribution in [3.8, 4) is 0 Å². The minimum absolute atomic E-state index is 0.00125. The van der Waals surface area contributed by atoms with E-state index in [1.54, 1.807) is 25.7 Å². The van der Waals surface area contributed by atoms with Crippen LogP contribution in [0.4, 0.5) is 0 Å². The van der Waals surface area contributed by atoms with Crippen LogP contribution in [0.25, 0.3) is 0 Å². The molecule has 0 bridgehead atoms. The first kappa shape index (κ1) is 28.3. The number of Topliss-reactive ketones (excluding diaryl/α,β-unsaturated/α-hetero) is 2. The van der Waals surface area contributed by atoms with Crippen LogP contribution in [0.15, 0.2) is 0 Å². The van der Waals surface area contributed by atoms with Gasteiger partial charge in [-0.1, -0.05) is 47.5 Å². The zero-order valence-electron chi connectivity index (χ0n) is 23.2. The number of esters is 1. The molecule has 0 aromatic carbocycles. The molecule has 1 heterocycles. The maximum Gasteiger partial charge on any atom is 0.307 e. The third-order valence-electron chi connectivity index (χ3n) is 8.33. The van der Waals surface area contributed by atoms with Gasteiger partial charge in [-0.3, -0.25) is 24.0 Å². The number of carbonyl (C=O) groups excluding carboxylic acids is 5. The number of rotatable bonds is 10. The molecule has 0 aromatic rings. The summed E-state index contributed by atoms with van der Waals surface area (Å²) in [6.45, 7) is 15.7. The van der Waals surface area contributed by atoms with Crippen molar-refractivity contribution in [3.63, 3.8) is 0 Å². The van der Waals surface area contributed by atoms with E-state index in [0.29, 0.717) is 18.9 Å². The molecular weight excluding hydrogens is 460 g/mol. The van der Waals surface area contributed by atoms with E-state index in [-0.39, 0.29) is 41.8 Å². The molecule has 2 N–H and O–H groups in total. The summed E-state index contributed by atoms with van der Waals surface area (Å²) in [5.74, 6) is -3.43. The summed E-state index contributed by atoms with van der Waals surface area (Å²) < 4.78 is 5.50. The number of ether oxygens (including phenoxy) is 1. The van der Waals surface area contributed by atoms with Gasteiger partial charge in [-0.05, 0) is 55.8 Å². The largest absolute Gasteiger partial charge is 0.460 e. The summed E-state index contributed by atoms with van der Waals surface area (Å²) in [4.78, 5) is 66.1. The van der Waals surface area contributed by atoms with Crippen molar-refractivity contribution in [1.29, 1.82) is 0 Å². The van der Waals surface area contributed by atoms with Crippen LogP contribution < -0.4 is 5.73 Å². The highest BCUT2D eigenvalue weighted by Crippen LogP contribution is 2.65. The van der Waals surface area contributed by atoms with Crippen LogP contribution in [0.2, 0.25) is 0 Å². The van der Waals surface area contributed by atoms with Crippen LogP contribution in [0, 0.1) is 40.4 Å². The molecule has 8 nitrogen and oxygen atoms in total. The number of hydrogen-bond donors (Lipinski definition) is 1. The number of nitrogens with two attached hydrogens (primary N) is 1. The van der Waals surface area contributed by atoms with E-state index < -0.39 is 46.6 Å². The molecule has 1 saturated heterocycles. The summed E-state index contributed by atoms with van der Waals surface area (Å²) >= 11 is 0.